The van der Waals surface area contributed by atoms with Crippen molar-refractivity contribution in [2.45, 2.75) is 19.8 Å². The average molecular weight is 318 g/mol. The van der Waals surface area contributed by atoms with Crippen molar-refractivity contribution in [1.82, 2.24) is 0 Å². The molecule has 0 aliphatic heterocycles. The Morgan fingerprint density at radius 2 is 1.79 bits per heavy atom. The summed E-state index contributed by atoms with van der Waals surface area (Å²) < 4.78 is 0.902. The summed E-state index contributed by atoms with van der Waals surface area (Å²) >= 11 is 3.41. The smallest absolute Gasteiger partial charge is 0.224 e. The molecule has 0 bridgehead atoms. The lowest BCUT2D eigenvalue weighted by atomic mass is 10.1. The zero-order chi connectivity index (χ0) is 13.7. The van der Waals surface area contributed by atoms with Crippen LogP contribution in [-0.2, 0) is 11.2 Å². The molecule has 19 heavy (non-hydrogen) atoms. The summed E-state index contributed by atoms with van der Waals surface area (Å²) in [6, 6.07) is 15.9. The van der Waals surface area contributed by atoms with E-state index in [1.807, 2.05) is 24.3 Å². The lowest BCUT2D eigenvalue weighted by molar-refractivity contribution is -0.116. The van der Waals surface area contributed by atoms with E-state index in [0.717, 1.165) is 16.6 Å². The summed E-state index contributed by atoms with van der Waals surface area (Å²) in [5.74, 6) is 0.0347. The lowest BCUT2D eigenvalue weighted by Crippen LogP contribution is -2.12. The van der Waals surface area contributed by atoms with Crippen molar-refractivity contribution in [3.05, 3.63) is 64.1 Å². The summed E-state index contributed by atoms with van der Waals surface area (Å²) in [5.41, 5.74) is 3.24. The molecule has 3 heteroatoms. The van der Waals surface area contributed by atoms with Crippen LogP contribution in [0, 0.1) is 6.92 Å². The van der Waals surface area contributed by atoms with Gasteiger partial charge < -0.3 is 5.32 Å². The molecule has 0 heterocycles. The van der Waals surface area contributed by atoms with Crippen molar-refractivity contribution < 1.29 is 4.79 Å². The van der Waals surface area contributed by atoms with Gasteiger partial charge in [0.15, 0.2) is 0 Å². The van der Waals surface area contributed by atoms with Crippen LogP contribution in [0.25, 0.3) is 0 Å². The Kier molecular flexibility index (Phi) is 4.74. The number of hydrogen-bond acceptors (Lipinski definition) is 1. The molecule has 2 nitrogen and oxygen atoms in total. The highest BCUT2D eigenvalue weighted by Crippen LogP contribution is 2.21. The number of hydrogen-bond donors (Lipinski definition) is 1. The second-order valence-corrected chi connectivity index (χ2v) is 5.37. The van der Waals surface area contributed by atoms with Crippen LogP contribution in [-0.4, -0.2) is 5.91 Å². The molecule has 0 saturated carbocycles. The standard InChI is InChI=1S/C16H16BrNO/c1-12-6-8-13(9-7-12)10-11-16(19)18-15-5-3-2-4-14(15)17/h2-9H,10-11H2,1H3,(H,18,19). The zero-order valence-electron chi connectivity index (χ0n) is 10.8. The molecule has 0 atom stereocenters. The minimum absolute atomic E-state index is 0.0347. The van der Waals surface area contributed by atoms with Crippen molar-refractivity contribution in [3.8, 4) is 0 Å². The molecular weight excluding hydrogens is 302 g/mol. The van der Waals surface area contributed by atoms with Crippen molar-refractivity contribution in [1.29, 1.82) is 0 Å². The van der Waals surface area contributed by atoms with Crippen LogP contribution in [0.2, 0.25) is 0 Å². The summed E-state index contributed by atoms with van der Waals surface area (Å²) in [5, 5.41) is 2.91. The van der Waals surface area contributed by atoms with Crippen LogP contribution in [0.15, 0.2) is 53.0 Å². The maximum atomic E-state index is 11.9. The lowest BCUT2D eigenvalue weighted by Gasteiger charge is -2.07. The van der Waals surface area contributed by atoms with E-state index < -0.39 is 0 Å². The Bertz CT molecular complexity index is 563. The van der Waals surface area contributed by atoms with E-state index in [-0.39, 0.29) is 5.91 Å². The van der Waals surface area contributed by atoms with E-state index in [1.165, 1.54) is 11.1 Å². The highest BCUT2D eigenvalue weighted by Gasteiger charge is 2.05. The third kappa shape index (κ3) is 4.21. The molecule has 0 fully saturated rings. The van der Waals surface area contributed by atoms with Gasteiger partial charge in [0.2, 0.25) is 5.91 Å². The fourth-order valence-electron chi connectivity index (χ4n) is 1.79. The topological polar surface area (TPSA) is 29.1 Å². The molecule has 0 aromatic heterocycles. The van der Waals surface area contributed by atoms with E-state index in [0.29, 0.717) is 6.42 Å². The predicted molar refractivity (Wildman–Crippen MR) is 82.3 cm³/mol. The van der Waals surface area contributed by atoms with Crippen molar-refractivity contribution >= 4 is 27.5 Å². The number of nitrogens with one attached hydrogen (secondary N) is 1. The summed E-state index contributed by atoms with van der Waals surface area (Å²) in [6.07, 6.45) is 1.25. The Morgan fingerprint density at radius 1 is 1.11 bits per heavy atom. The number of aryl methyl sites for hydroxylation is 2. The Hall–Kier alpha value is -1.61. The van der Waals surface area contributed by atoms with Crippen LogP contribution in [0.5, 0.6) is 0 Å². The number of para-hydroxylation sites is 1. The van der Waals surface area contributed by atoms with Gasteiger partial charge in [-0.15, -0.1) is 0 Å². The molecule has 1 amide bonds. The van der Waals surface area contributed by atoms with Gasteiger partial charge in [0.1, 0.15) is 0 Å². The average Bonchev–Trinajstić information content (AvgIpc) is 2.41. The van der Waals surface area contributed by atoms with Crippen LogP contribution >= 0.6 is 15.9 Å². The number of amides is 1. The van der Waals surface area contributed by atoms with Gasteiger partial charge in [-0.3, -0.25) is 4.79 Å². The van der Waals surface area contributed by atoms with Crippen LogP contribution in [0.3, 0.4) is 0 Å². The molecule has 0 aliphatic rings. The maximum absolute atomic E-state index is 11.9. The molecule has 0 radical (unpaired) electrons. The van der Waals surface area contributed by atoms with Gasteiger partial charge in [-0.1, -0.05) is 42.0 Å². The second kappa shape index (κ2) is 6.53. The molecule has 2 rings (SSSR count). The summed E-state index contributed by atoms with van der Waals surface area (Å²) in [7, 11) is 0. The van der Waals surface area contributed by atoms with E-state index in [2.05, 4.69) is 52.4 Å². The molecule has 98 valence electrons. The third-order valence-corrected chi connectivity index (χ3v) is 3.60. The van der Waals surface area contributed by atoms with Gasteiger partial charge in [-0.25, -0.2) is 0 Å². The SMILES string of the molecule is Cc1ccc(CCC(=O)Nc2ccccc2Br)cc1. The third-order valence-electron chi connectivity index (χ3n) is 2.91. The second-order valence-electron chi connectivity index (χ2n) is 4.51. The molecule has 0 unspecified atom stereocenters. The first-order chi connectivity index (χ1) is 9.15. The summed E-state index contributed by atoms with van der Waals surface area (Å²) in [6.45, 7) is 2.06. The number of anilines is 1. The fraction of sp³-hybridized carbons (Fsp3) is 0.188. The normalized spacial score (nSPS) is 10.2. The van der Waals surface area contributed by atoms with Gasteiger partial charge in [-0.05, 0) is 47.0 Å². The highest BCUT2D eigenvalue weighted by molar-refractivity contribution is 9.10. The van der Waals surface area contributed by atoms with Crippen molar-refractivity contribution in [2.24, 2.45) is 0 Å². The Balaban J connectivity index is 1.88. The largest absolute Gasteiger partial charge is 0.325 e. The Labute approximate surface area is 122 Å². The van der Waals surface area contributed by atoms with Gasteiger partial charge >= 0.3 is 0 Å². The van der Waals surface area contributed by atoms with Crippen LogP contribution < -0.4 is 5.32 Å². The van der Waals surface area contributed by atoms with Gasteiger partial charge in [0.05, 0.1) is 5.69 Å². The van der Waals surface area contributed by atoms with E-state index >= 15 is 0 Å². The number of benzene rings is 2. The monoisotopic (exact) mass is 317 g/mol. The maximum Gasteiger partial charge on any atom is 0.224 e. The van der Waals surface area contributed by atoms with Crippen LogP contribution in [0.4, 0.5) is 5.69 Å². The van der Waals surface area contributed by atoms with Crippen LogP contribution in [0.1, 0.15) is 17.5 Å². The molecule has 2 aromatic carbocycles. The number of rotatable bonds is 4. The first-order valence-electron chi connectivity index (χ1n) is 6.25. The minimum Gasteiger partial charge on any atom is -0.325 e. The van der Waals surface area contributed by atoms with Gasteiger partial charge in [0.25, 0.3) is 0 Å². The van der Waals surface area contributed by atoms with E-state index in [4.69, 9.17) is 0 Å². The molecule has 0 saturated heterocycles. The molecular formula is C16H16BrNO. The minimum atomic E-state index is 0.0347. The molecule has 0 aliphatic carbocycles. The summed E-state index contributed by atoms with van der Waals surface area (Å²) in [4.78, 5) is 11.9. The predicted octanol–water partition coefficient (Wildman–Crippen LogP) is 4.33. The molecule has 1 N–H and O–H groups in total. The first-order valence-corrected chi connectivity index (χ1v) is 7.04. The molecule has 0 spiro atoms. The van der Waals surface area contributed by atoms with Crippen molar-refractivity contribution in [2.75, 3.05) is 5.32 Å². The van der Waals surface area contributed by atoms with Gasteiger partial charge in [-0.2, -0.15) is 0 Å². The van der Waals surface area contributed by atoms with Crippen molar-refractivity contribution in [3.63, 3.8) is 0 Å². The number of carbonyl (C=O) groups excluding carboxylic acids is 1. The quantitative estimate of drug-likeness (QED) is 0.893. The number of halogens is 1. The molecule has 2 aromatic rings. The Morgan fingerprint density at radius 3 is 2.47 bits per heavy atom. The zero-order valence-corrected chi connectivity index (χ0v) is 12.4. The first kappa shape index (κ1) is 13.8. The highest BCUT2D eigenvalue weighted by atomic mass is 79.9. The van der Waals surface area contributed by atoms with E-state index in [1.54, 1.807) is 0 Å². The number of carbonyl (C=O) groups is 1. The van der Waals surface area contributed by atoms with E-state index in [9.17, 15) is 4.79 Å². The van der Waals surface area contributed by atoms with Gasteiger partial charge in [0, 0.05) is 10.9 Å². The fourth-order valence-corrected chi connectivity index (χ4v) is 2.17.